The molecule has 6 nitrogen and oxygen atoms in total. The first-order chi connectivity index (χ1) is 14.6. The van der Waals surface area contributed by atoms with Crippen LogP contribution in [-0.4, -0.2) is 29.4 Å². The number of hydrogen-bond acceptors (Lipinski definition) is 5. The van der Waals surface area contributed by atoms with E-state index in [0.29, 0.717) is 17.7 Å². The third-order valence-corrected chi connectivity index (χ3v) is 4.74. The lowest BCUT2D eigenvalue weighted by Gasteiger charge is -2.19. The minimum Gasteiger partial charge on any atom is -0.467 e. The van der Waals surface area contributed by atoms with Crippen LogP contribution in [0.1, 0.15) is 34.9 Å². The van der Waals surface area contributed by atoms with Crippen molar-refractivity contribution in [2.75, 3.05) is 6.61 Å². The Labute approximate surface area is 173 Å². The molecule has 0 fully saturated rings. The molecule has 0 radical (unpaired) electrons. The number of benzene rings is 2. The van der Waals surface area contributed by atoms with Gasteiger partial charge in [-0.05, 0) is 42.3 Å². The van der Waals surface area contributed by atoms with Gasteiger partial charge in [0.15, 0.2) is 6.61 Å². The van der Waals surface area contributed by atoms with Crippen molar-refractivity contribution in [2.24, 2.45) is 10.3 Å². The zero-order chi connectivity index (χ0) is 20.9. The maximum absolute atomic E-state index is 13.2. The summed E-state index contributed by atoms with van der Waals surface area (Å²) in [4.78, 5) is 17.9. The van der Waals surface area contributed by atoms with E-state index >= 15 is 0 Å². The summed E-state index contributed by atoms with van der Waals surface area (Å²) < 4.78 is 18.7. The van der Waals surface area contributed by atoms with E-state index in [1.165, 1.54) is 23.4 Å². The highest BCUT2D eigenvalue weighted by atomic mass is 19.1. The van der Waals surface area contributed by atoms with Gasteiger partial charge in [-0.1, -0.05) is 47.1 Å². The van der Waals surface area contributed by atoms with Gasteiger partial charge >= 0.3 is 0 Å². The molecule has 0 saturated carbocycles. The predicted octanol–water partition coefficient (Wildman–Crippen LogP) is 4.46. The number of nitrogens with zero attached hydrogens (tertiary/aromatic N) is 3. The minimum atomic E-state index is -0.369. The lowest BCUT2D eigenvalue weighted by molar-refractivity contribution is -0.138. The number of halogens is 1. The summed E-state index contributed by atoms with van der Waals surface area (Å²) in [7, 11) is 0. The van der Waals surface area contributed by atoms with E-state index < -0.39 is 0 Å². The number of oxime groups is 1. The summed E-state index contributed by atoms with van der Waals surface area (Å²) in [5.41, 5.74) is 3.44. The van der Waals surface area contributed by atoms with Crippen LogP contribution in [0, 0.1) is 12.7 Å². The van der Waals surface area contributed by atoms with Crippen molar-refractivity contribution in [3.63, 3.8) is 0 Å². The van der Waals surface area contributed by atoms with E-state index in [4.69, 9.17) is 9.25 Å². The van der Waals surface area contributed by atoms with Crippen LogP contribution in [0.4, 0.5) is 4.39 Å². The number of amides is 1. The number of carbonyl (C=O) groups excluding carboxylic acids is 1. The highest BCUT2D eigenvalue weighted by Gasteiger charge is 2.35. The zero-order valence-electron chi connectivity index (χ0n) is 16.4. The van der Waals surface area contributed by atoms with Crippen molar-refractivity contribution >= 4 is 17.8 Å². The predicted molar refractivity (Wildman–Crippen MR) is 111 cm³/mol. The molecule has 1 aliphatic heterocycles. The van der Waals surface area contributed by atoms with Crippen LogP contribution >= 0.6 is 0 Å². The van der Waals surface area contributed by atoms with Gasteiger partial charge in [-0.2, -0.15) is 5.10 Å². The Morgan fingerprint density at radius 2 is 2.10 bits per heavy atom. The van der Waals surface area contributed by atoms with E-state index in [-0.39, 0.29) is 24.4 Å². The fourth-order valence-corrected chi connectivity index (χ4v) is 3.21. The Balaban J connectivity index is 1.47. The first kappa shape index (κ1) is 19.6. The molecular formula is C23H20FN3O3. The van der Waals surface area contributed by atoms with E-state index in [1.807, 2.05) is 37.3 Å². The average Bonchev–Trinajstić information content (AvgIpc) is 3.41. The third kappa shape index (κ3) is 4.46. The van der Waals surface area contributed by atoms with Crippen LogP contribution in [0.15, 0.2) is 81.6 Å². The molecule has 7 heteroatoms. The van der Waals surface area contributed by atoms with Gasteiger partial charge < -0.3 is 9.25 Å². The number of aryl methyl sites for hydroxylation is 1. The molecule has 0 unspecified atom stereocenters. The summed E-state index contributed by atoms with van der Waals surface area (Å²) in [5, 5.41) is 9.67. The number of hydrogen-bond donors (Lipinski definition) is 0. The molecule has 0 spiro atoms. The molecule has 0 bridgehead atoms. The van der Waals surface area contributed by atoms with Gasteiger partial charge in [0.1, 0.15) is 17.6 Å². The van der Waals surface area contributed by atoms with Gasteiger partial charge in [0.05, 0.1) is 18.2 Å². The molecule has 1 atom stereocenters. The molecule has 1 amide bonds. The largest absolute Gasteiger partial charge is 0.467 e. The molecule has 2 heterocycles. The van der Waals surface area contributed by atoms with E-state index in [2.05, 4.69) is 10.3 Å². The maximum Gasteiger partial charge on any atom is 0.284 e. The second kappa shape index (κ2) is 8.73. The number of carbonyl (C=O) groups is 1. The molecule has 30 heavy (non-hydrogen) atoms. The lowest BCUT2D eigenvalue weighted by atomic mass is 10.0. The molecule has 152 valence electrons. The van der Waals surface area contributed by atoms with E-state index in [9.17, 15) is 9.18 Å². The third-order valence-electron chi connectivity index (χ3n) is 4.74. The second-order valence-electron chi connectivity index (χ2n) is 6.95. The molecule has 2 aromatic carbocycles. The van der Waals surface area contributed by atoms with Gasteiger partial charge in [-0.15, -0.1) is 0 Å². The molecule has 0 N–H and O–H groups in total. The molecule has 0 aliphatic carbocycles. The van der Waals surface area contributed by atoms with Crippen LogP contribution in [0.3, 0.4) is 0 Å². The number of hydrazone groups is 1. The fraction of sp³-hybridized carbons (Fsp3) is 0.174. The van der Waals surface area contributed by atoms with Gasteiger partial charge in [0.2, 0.25) is 0 Å². The van der Waals surface area contributed by atoms with Crippen LogP contribution in [0.5, 0.6) is 0 Å². The molecule has 1 aromatic heterocycles. The first-order valence-electron chi connectivity index (χ1n) is 9.51. The van der Waals surface area contributed by atoms with E-state index in [1.54, 1.807) is 24.5 Å². The molecule has 0 saturated heterocycles. The van der Waals surface area contributed by atoms with Crippen molar-refractivity contribution in [3.05, 3.63) is 95.2 Å². The molecule has 1 aliphatic rings. The van der Waals surface area contributed by atoms with Crippen molar-refractivity contribution in [2.45, 2.75) is 19.4 Å². The summed E-state index contributed by atoms with van der Waals surface area (Å²) in [6.07, 6.45) is 3.46. The van der Waals surface area contributed by atoms with Gasteiger partial charge in [0, 0.05) is 6.42 Å². The van der Waals surface area contributed by atoms with Crippen molar-refractivity contribution < 1.29 is 18.4 Å². The monoisotopic (exact) mass is 405 g/mol. The van der Waals surface area contributed by atoms with Gasteiger partial charge in [-0.25, -0.2) is 9.40 Å². The van der Waals surface area contributed by atoms with Crippen molar-refractivity contribution in [1.82, 2.24) is 5.01 Å². The fourth-order valence-electron chi connectivity index (χ4n) is 3.21. The van der Waals surface area contributed by atoms with Gasteiger partial charge in [-0.3, -0.25) is 4.79 Å². The molecule has 4 rings (SSSR count). The van der Waals surface area contributed by atoms with Crippen LogP contribution in [0.25, 0.3) is 0 Å². The Bertz CT molecular complexity index is 1080. The topological polar surface area (TPSA) is 67.4 Å². The summed E-state index contributed by atoms with van der Waals surface area (Å²) >= 11 is 0. The second-order valence-corrected chi connectivity index (χ2v) is 6.95. The van der Waals surface area contributed by atoms with Crippen molar-refractivity contribution in [3.8, 4) is 0 Å². The summed E-state index contributed by atoms with van der Waals surface area (Å²) in [5.74, 6) is -0.0706. The number of rotatable bonds is 6. The first-order valence-corrected chi connectivity index (χ1v) is 9.51. The highest BCUT2D eigenvalue weighted by Crippen LogP contribution is 2.33. The van der Waals surface area contributed by atoms with Crippen LogP contribution in [0.2, 0.25) is 0 Å². The lowest BCUT2D eigenvalue weighted by Crippen LogP contribution is -2.29. The Kier molecular flexibility index (Phi) is 5.70. The molecular weight excluding hydrogens is 385 g/mol. The molecule has 3 aromatic rings. The normalized spacial score (nSPS) is 16.1. The number of furan rings is 1. The summed E-state index contributed by atoms with van der Waals surface area (Å²) in [6, 6.07) is 17.2. The highest BCUT2D eigenvalue weighted by molar-refractivity contribution is 6.03. The summed E-state index contributed by atoms with van der Waals surface area (Å²) in [6.45, 7) is 1.72. The van der Waals surface area contributed by atoms with Crippen LogP contribution in [-0.2, 0) is 9.63 Å². The SMILES string of the molecule is Cc1ccc(C2=NN(C(=O)CO/N=C\c3cccc(F)c3)[C@@H](c3ccco3)C2)cc1. The zero-order valence-corrected chi connectivity index (χ0v) is 16.4. The average molecular weight is 405 g/mol. The van der Waals surface area contributed by atoms with Crippen molar-refractivity contribution in [1.29, 1.82) is 0 Å². The Morgan fingerprint density at radius 3 is 2.83 bits per heavy atom. The van der Waals surface area contributed by atoms with Crippen LogP contribution < -0.4 is 0 Å². The maximum atomic E-state index is 13.2. The Hall–Kier alpha value is -3.74. The minimum absolute atomic E-state index is 0.298. The standard InChI is InChI=1S/C23H20FN3O3/c1-16-7-9-18(10-8-16)20-13-21(22-6-3-11-29-22)27(26-20)23(28)15-30-25-14-17-4-2-5-19(24)12-17/h2-12,14,21H,13,15H2,1H3/b25-14-/t21-/m1/s1. The van der Waals surface area contributed by atoms with E-state index in [0.717, 1.165) is 16.8 Å². The quantitative estimate of drug-likeness (QED) is 0.449. The van der Waals surface area contributed by atoms with Gasteiger partial charge in [0.25, 0.3) is 5.91 Å². The smallest absolute Gasteiger partial charge is 0.284 e. The Morgan fingerprint density at radius 1 is 1.27 bits per heavy atom.